The van der Waals surface area contributed by atoms with E-state index in [9.17, 15) is 4.79 Å². The van der Waals surface area contributed by atoms with E-state index in [2.05, 4.69) is 5.10 Å². The van der Waals surface area contributed by atoms with Crippen LogP contribution in [0.5, 0.6) is 0 Å². The second-order valence-corrected chi connectivity index (χ2v) is 6.75. The van der Waals surface area contributed by atoms with E-state index in [1.807, 2.05) is 30.0 Å². The van der Waals surface area contributed by atoms with Crippen molar-refractivity contribution in [2.45, 2.75) is 51.4 Å². The maximum Gasteiger partial charge on any atom is 0.276 e. The topological polar surface area (TPSA) is 57.8 Å². The summed E-state index contributed by atoms with van der Waals surface area (Å²) in [7, 11) is 0. The smallest absolute Gasteiger partial charge is 0.276 e. The van der Waals surface area contributed by atoms with Gasteiger partial charge in [-0.2, -0.15) is 5.10 Å². The predicted octanol–water partition coefficient (Wildman–Crippen LogP) is 2.13. The van der Waals surface area contributed by atoms with Crippen LogP contribution in [0, 0.1) is 12.8 Å². The lowest BCUT2D eigenvalue weighted by atomic mass is 9.83. The van der Waals surface area contributed by atoms with Gasteiger partial charge in [0.05, 0.1) is 18.9 Å². The number of aryl methyl sites for hydroxylation is 2. The van der Waals surface area contributed by atoms with Crippen LogP contribution < -0.4 is 5.56 Å². The van der Waals surface area contributed by atoms with Crippen LogP contribution in [-0.2, 0) is 16.0 Å². The molecule has 23 heavy (non-hydrogen) atoms. The monoisotopic (exact) mass is 317 g/mol. The molecule has 1 aliphatic carbocycles. The van der Waals surface area contributed by atoms with Crippen molar-refractivity contribution in [3.05, 3.63) is 34.5 Å². The van der Waals surface area contributed by atoms with E-state index in [0.29, 0.717) is 11.4 Å². The summed E-state index contributed by atoms with van der Waals surface area (Å²) in [4.78, 5) is 12.5. The van der Waals surface area contributed by atoms with E-state index < -0.39 is 0 Å². The minimum Gasteiger partial charge on any atom is -0.348 e. The van der Waals surface area contributed by atoms with E-state index in [1.165, 1.54) is 0 Å². The third kappa shape index (κ3) is 2.81. The summed E-state index contributed by atoms with van der Waals surface area (Å²) in [5, 5.41) is 4.28. The van der Waals surface area contributed by atoms with E-state index in [1.54, 1.807) is 4.52 Å². The first kappa shape index (κ1) is 14.9. The summed E-state index contributed by atoms with van der Waals surface area (Å²) >= 11 is 0. The van der Waals surface area contributed by atoms with E-state index >= 15 is 0 Å². The molecular weight excluding hydrogens is 294 g/mol. The van der Waals surface area contributed by atoms with Crippen LogP contribution in [0.25, 0.3) is 5.52 Å². The molecule has 0 N–H and O–H groups in total. The Morgan fingerprint density at radius 1 is 1.26 bits per heavy atom. The predicted molar refractivity (Wildman–Crippen MR) is 85.4 cm³/mol. The average molecular weight is 317 g/mol. The number of nitrogens with zero attached hydrogens (tertiary/aromatic N) is 3. The fourth-order valence-corrected chi connectivity index (χ4v) is 3.84. The van der Waals surface area contributed by atoms with Gasteiger partial charge in [-0.05, 0) is 38.2 Å². The molecule has 124 valence electrons. The van der Waals surface area contributed by atoms with Gasteiger partial charge in [0.1, 0.15) is 5.52 Å². The maximum absolute atomic E-state index is 12.5. The molecule has 1 spiro atoms. The van der Waals surface area contributed by atoms with E-state index in [-0.39, 0.29) is 11.3 Å². The molecule has 0 atom stereocenters. The Labute approximate surface area is 135 Å². The molecule has 2 aromatic rings. The summed E-state index contributed by atoms with van der Waals surface area (Å²) in [6.45, 7) is 4.12. The molecule has 4 rings (SSSR count). The zero-order valence-corrected chi connectivity index (χ0v) is 13.5. The Hall–Kier alpha value is -1.66. The first-order chi connectivity index (χ1) is 11.2. The van der Waals surface area contributed by atoms with Crippen LogP contribution in [0.2, 0.25) is 0 Å². The summed E-state index contributed by atoms with van der Waals surface area (Å²) in [6, 6.07) is 1.85. The average Bonchev–Trinajstić information content (AvgIpc) is 3.15. The highest BCUT2D eigenvalue weighted by Crippen LogP contribution is 2.39. The van der Waals surface area contributed by atoms with Crippen molar-refractivity contribution in [1.29, 1.82) is 0 Å². The zero-order valence-electron chi connectivity index (χ0n) is 13.5. The third-order valence-corrected chi connectivity index (χ3v) is 5.18. The Morgan fingerprint density at radius 3 is 2.74 bits per heavy atom. The Morgan fingerprint density at radius 2 is 2.00 bits per heavy atom. The van der Waals surface area contributed by atoms with Gasteiger partial charge in [0, 0.05) is 31.8 Å². The van der Waals surface area contributed by atoms with Gasteiger partial charge in [-0.1, -0.05) is 0 Å². The fraction of sp³-hybridized carbons (Fsp3) is 0.647. The van der Waals surface area contributed by atoms with Crippen molar-refractivity contribution < 1.29 is 9.47 Å². The van der Waals surface area contributed by atoms with E-state index in [0.717, 1.165) is 57.6 Å². The molecule has 0 radical (unpaired) electrons. The summed E-state index contributed by atoms with van der Waals surface area (Å²) in [5.41, 5.74) is 1.57. The number of aromatic nitrogens is 3. The molecular formula is C17H23N3O3. The molecule has 0 bridgehead atoms. The number of hydrogen-bond donors (Lipinski definition) is 0. The van der Waals surface area contributed by atoms with Crippen molar-refractivity contribution in [2.75, 3.05) is 13.2 Å². The van der Waals surface area contributed by atoms with Gasteiger partial charge >= 0.3 is 0 Å². The van der Waals surface area contributed by atoms with Gasteiger partial charge in [-0.3, -0.25) is 4.79 Å². The molecule has 3 heterocycles. The standard InChI is InChI=1S/C17H23N3O3/c1-13-12-15-16(21)19(8-9-20(15)18-13)7-4-14-2-5-17(6-3-14)22-10-11-23-17/h8-9,12,14H,2-7,10-11H2,1H3. The Kier molecular flexibility index (Phi) is 3.73. The SMILES string of the molecule is Cc1cc2c(=O)n(CCC3CCC4(CC3)OCCO4)ccn2n1. The van der Waals surface area contributed by atoms with Gasteiger partial charge in [0.15, 0.2) is 5.79 Å². The lowest BCUT2D eigenvalue weighted by Crippen LogP contribution is -2.35. The highest BCUT2D eigenvalue weighted by molar-refractivity contribution is 5.44. The van der Waals surface area contributed by atoms with Crippen LogP contribution in [-0.4, -0.2) is 33.2 Å². The van der Waals surface area contributed by atoms with Crippen LogP contribution in [0.1, 0.15) is 37.8 Å². The molecule has 1 saturated carbocycles. The lowest BCUT2D eigenvalue weighted by molar-refractivity contribution is -0.182. The lowest BCUT2D eigenvalue weighted by Gasteiger charge is -2.35. The molecule has 2 aliphatic rings. The van der Waals surface area contributed by atoms with Gasteiger partial charge < -0.3 is 14.0 Å². The number of rotatable bonds is 3. The van der Waals surface area contributed by atoms with E-state index in [4.69, 9.17) is 9.47 Å². The van der Waals surface area contributed by atoms with Crippen molar-refractivity contribution >= 4 is 5.52 Å². The first-order valence-electron chi connectivity index (χ1n) is 8.49. The minimum atomic E-state index is -0.290. The largest absolute Gasteiger partial charge is 0.348 e. The molecule has 0 unspecified atom stereocenters. The van der Waals surface area contributed by atoms with Crippen molar-refractivity contribution in [3.8, 4) is 0 Å². The number of fused-ring (bicyclic) bond motifs is 1. The van der Waals surface area contributed by atoms with Crippen LogP contribution >= 0.6 is 0 Å². The number of ether oxygens (including phenoxy) is 2. The quantitative estimate of drug-likeness (QED) is 0.870. The molecule has 0 amide bonds. The fourth-order valence-electron chi connectivity index (χ4n) is 3.84. The Balaban J connectivity index is 1.40. The van der Waals surface area contributed by atoms with Gasteiger partial charge in [0.2, 0.25) is 0 Å². The maximum atomic E-state index is 12.5. The van der Waals surface area contributed by atoms with Crippen LogP contribution in [0.4, 0.5) is 0 Å². The summed E-state index contributed by atoms with van der Waals surface area (Å²) < 4.78 is 15.0. The second-order valence-electron chi connectivity index (χ2n) is 6.75. The molecule has 1 saturated heterocycles. The zero-order chi connectivity index (χ0) is 15.9. The Bertz CT molecular complexity index is 748. The van der Waals surface area contributed by atoms with Gasteiger partial charge in [-0.25, -0.2) is 4.52 Å². The van der Waals surface area contributed by atoms with Crippen molar-refractivity contribution in [2.24, 2.45) is 5.92 Å². The summed E-state index contributed by atoms with van der Waals surface area (Å²) in [5.74, 6) is 0.352. The van der Waals surface area contributed by atoms with Gasteiger partial charge in [-0.15, -0.1) is 0 Å². The highest BCUT2D eigenvalue weighted by Gasteiger charge is 2.40. The molecule has 6 heteroatoms. The molecule has 1 aliphatic heterocycles. The van der Waals surface area contributed by atoms with Crippen molar-refractivity contribution in [3.63, 3.8) is 0 Å². The highest BCUT2D eigenvalue weighted by atomic mass is 16.7. The van der Waals surface area contributed by atoms with Crippen LogP contribution in [0.3, 0.4) is 0 Å². The molecule has 0 aromatic carbocycles. The summed E-state index contributed by atoms with van der Waals surface area (Å²) in [6.07, 6.45) is 8.92. The third-order valence-electron chi connectivity index (χ3n) is 5.18. The normalized spacial score (nSPS) is 21.4. The minimum absolute atomic E-state index is 0.0443. The van der Waals surface area contributed by atoms with Crippen LogP contribution in [0.15, 0.2) is 23.3 Å². The second kappa shape index (κ2) is 5.76. The van der Waals surface area contributed by atoms with Gasteiger partial charge in [0.25, 0.3) is 5.56 Å². The van der Waals surface area contributed by atoms with Crippen molar-refractivity contribution in [1.82, 2.24) is 14.2 Å². The molecule has 6 nitrogen and oxygen atoms in total. The first-order valence-corrected chi connectivity index (χ1v) is 8.49. The molecule has 2 aromatic heterocycles. The number of hydrogen-bond acceptors (Lipinski definition) is 4. The molecule has 2 fully saturated rings.